The molecule has 0 aromatic heterocycles. The molecule has 0 heterocycles. The van der Waals surface area contributed by atoms with Crippen molar-refractivity contribution in [3.05, 3.63) is 0 Å². The molecule has 0 aliphatic carbocycles. The maximum absolute atomic E-state index is 6.55. The van der Waals surface area contributed by atoms with E-state index in [0.717, 1.165) is 0 Å². The molecule has 1 atom stereocenters. The van der Waals surface area contributed by atoms with Crippen molar-refractivity contribution in [1.82, 2.24) is 0 Å². The Kier molecular flexibility index (Phi) is 28.6. The lowest BCUT2D eigenvalue weighted by Crippen LogP contribution is -1.98. The summed E-state index contributed by atoms with van der Waals surface area (Å²) in [6, 6.07) is 0. The van der Waals surface area contributed by atoms with Crippen LogP contribution in [0.5, 0.6) is 0 Å². The molecule has 0 N–H and O–H groups in total. The topological polar surface area (TPSA) is 0 Å². The summed E-state index contributed by atoms with van der Waals surface area (Å²) in [5.74, 6) is 0. The Bertz CT molecular complexity index is 301. The number of hydrogen-bond donors (Lipinski definition) is 0. The zero-order valence-electron chi connectivity index (χ0n) is 22.0. The van der Waals surface area contributed by atoms with Crippen LogP contribution in [0.1, 0.15) is 187 Å². The van der Waals surface area contributed by atoms with Gasteiger partial charge in [-0.05, 0) is 12.8 Å². The number of alkyl halides is 1. The van der Waals surface area contributed by atoms with Crippen molar-refractivity contribution in [2.45, 2.75) is 193 Å². The van der Waals surface area contributed by atoms with Crippen LogP contribution in [0.4, 0.5) is 0 Å². The van der Waals surface area contributed by atoms with E-state index in [9.17, 15) is 0 Å². The van der Waals surface area contributed by atoms with Crippen LogP contribution in [-0.2, 0) is 0 Å². The second-order valence-electron chi connectivity index (χ2n) is 10.3. The Morgan fingerprint density at radius 1 is 0.323 bits per heavy atom. The maximum atomic E-state index is 6.55. The van der Waals surface area contributed by atoms with Crippen molar-refractivity contribution in [3.63, 3.8) is 0 Å². The first kappa shape index (κ1) is 31.3. The summed E-state index contributed by atoms with van der Waals surface area (Å²) in [6.07, 6.45) is 38.4. The summed E-state index contributed by atoms with van der Waals surface area (Å²) >= 11 is 6.55. The van der Waals surface area contributed by atoms with Gasteiger partial charge in [0, 0.05) is 5.38 Å². The number of halogens is 1. The van der Waals surface area contributed by atoms with Gasteiger partial charge in [0.25, 0.3) is 0 Å². The van der Waals surface area contributed by atoms with E-state index in [-0.39, 0.29) is 0 Å². The molecule has 1 unspecified atom stereocenters. The molecule has 188 valence electrons. The van der Waals surface area contributed by atoms with Gasteiger partial charge in [0.2, 0.25) is 0 Å². The average Bonchev–Trinajstić information content (AvgIpc) is 2.77. The van der Waals surface area contributed by atoms with Crippen molar-refractivity contribution in [1.29, 1.82) is 0 Å². The Morgan fingerprint density at radius 3 is 0.742 bits per heavy atom. The summed E-state index contributed by atoms with van der Waals surface area (Å²) in [4.78, 5) is 0. The van der Waals surface area contributed by atoms with E-state index in [1.807, 2.05) is 0 Å². The Balaban J connectivity index is 3.12. The van der Waals surface area contributed by atoms with Gasteiger partial charge in [-0.2, -0.15) is 0 Å². The van der Waals surface area contributed by atoms with Crippen LogP contribution in [0, 0.1) is 0 Å². The van der Waals surface area contributed by atoms with E-state index < -0.39 is 0 Å². The minimum atomic E-state index is 0.441. The van der Waals surface area contributed by atoms with Gasteiger partial charge in [0.15, 0.2) is 0 Å². The van der Waals surface area contributed by atoms with Gasteiger partial charge < -0.3 is 0 Å². The lowest BCUT2D eigenvalue weighted by atomic mass is 10.0. The first-order valence-corrected chi connectivity index (χ1v) is 15.4. The highest BCUT2D eigenvalue weighted by Gasteiger charge is 2.04. The number of hydrogen-bond acceptors (Lipinski definition) is 0. The SMILES string of the molecule is CCCCCCCCCCCCCCCCCC(Cl)CCCCCCCCCCCC. The van der Waals surface area contributed by atoms with Crippen molar-refractivity contribution in [2.24, 2.45) is 0 Å². The maximum Gasteiger partial charge on any atom is 0.0336 e. The third kappa shape index (κ3) is 28.3. The molecule has 31 heavy (non-hydrogen) atoms. The van der Waals surface area contributed by atoms with Crippen LogP contribution in [0.15, 0.2) is 0 Å². The first-order chi connectivity index (χ1) is 15.3. The minimum absolute atomic E-state index is 0.441. The van der Waals surface area contributed by atoms with E-state index in [1.165, 1.54) is 173 Å². The third-order valence-corrected chi connectivity index (χ3v) is 7.43. The molecule has 0 aliphatic heterocycles. The summed E-state index contributed by atoms with van der Waals surface area (Å²) in [5.41, 5.74) is 0. The normalized spacial score (nSPS) is 12.5. The number of unbranched alkanes of at least 4 members (excludes halogenated alkanes) is 23. The van der Waals surface area contributed by atoms with Gasteiger partial charge in [-0.1, -0.05) is 174 Å². The molecule has 0 fully saturated rings. The fourth-order valence-corrected chi connectivity index (χ4v) is 5.04. The zero-order chi connectivity index (χ0) is 22.7. The molecule has 0 saturated carbocycles. The van der Waals surface area contributed by atoms with Gasteiger partial charge in [-0.15, -0.1) is 11.6 Å². The predicted octanol–water partition coefficient (Wildman–Crippen LogP) is 12.2. The van der Waals surface area contributed by atoms with Crippen LogP contribution in [0.3, 0.4) is 0 Å². The van der Waals surface area contributed by atoms with Crippen molar-refractivity contribution in [3.8, 4) is 0 Å². The monoisotopic (exact) mass is 456 g/mol. The van der Waals surface area contributed by atoms with Crippen LogP contribution >= 0.6 is 11.6 Å². The van der Waals surface area contributed by atoms with Crippen LogP contribution in [0.2, 0.25) is 0 Å². The Hall–Kier alpha value is 0.290. The highest BCUT2D eigenvalue weighted by atomic mass is 35.5. The molecule has 0 aromatic carbocycles. The molecule has 0 aliphatic rings. The largest absolute Gasteiger partial charge is 0.123 e. The molecule has 0 bridgehead atoms. The van der Waals surface area contributed by atoms with E-state index in [2.05, 4.69) is 13.8 Å². The summed E-state index contributed by atoms with van der Waals surface area (Å²) < 4.78 is 0. The fourth-order valence-electron chi connectivity index (χ4n) is 4.73. The van der Waals surface area contributed by atoms with E-state index >= 15 is 0 Å². The molecule has 1 heteroatoms. The molecular weight excluding hydrogens is 396 g/mol. The quantitative estimate of drug-likeness (QED) is 0.0850. The van der Waals surface area contributed by atoms with Gasteiger partial charge in [-0.25, -0.2) is 0 Å². The minimum Gasteiger partial charge on any atom is -0.123 e. The molecular formula is C30H61Cl. The predicted molar refractivity (Wildman–Crippen MR) is 146 cm³/mol. The summed E-state index contributed by atoms with van der Waals surface area (Å²) in [7, 11) is 0. The molecule has 0 saturated heterocycles. The summed E-state index contributed by atoms with van der Waals surface area (Å²) in [5, 5.41) is 0.441. The lowest BCUT2D eigenvalue weighted by molar-refractivity contribution is 0.517. The van der Waals surface area contributed by atoms with Gasteiger partial charge in [0.1, 0.15) is 0 Å². The van der Waals surface area contributed by atoms with Crippen molar-refractivity contribution in [2.75, 3.05) is 0 Å². The molecule has 0 rings (SSSR count). The zero-order valence-corrected chi connectivity index (χ0v) is 22.8. The second-order valence-corrected chi connectivity index (χ2v) is 10.9. The second kappa shape index (κ2) is 28.3. The smallest absolute Gasteiger partial charge is 0.0336 e. The average molecular weight is 457 g/mol. The van der Waals surface area contributed by atoms with Crippen LogP contribution < -0.4 is 0 Å². The molecule has 0 amide bonds. The van der Waals surface area contributed by atoms with Crippen molar-refractivity contribution < 1.29 is 0 Å². The van der Waals surface area contributed by atoms with Crippen LogP contribution in [-0.4, -0.2) is 5.38 Å². The van der Waals surface area contributed by atoms with Gasteiger partial charge >= 0.3 is 0 Å². The van der Waals surface area contributed by atoms with Gasteiger partial charge in [0.05, 0.1) is 0 Å². The third-order valence-electron chi connectivity index (χ3n) is 6.99. The standard InChI is InChI=1S/C30H61Cl/c1-3-5-7-9-11-13-15-16-17-18-19-21-23-25-27-29-30(31)28-26-24-22-20-14-12-10-8-6-4-2/h30H,3-29H2,1-2H3. The van der Waals surface area contributed by atoms with Crippen LogP contribution in [0.25, 0.3) is 0 Å². The lowest BCUT2D eigenvalue weighted by Gasteiger charge is -2.09. The molecule has 0 radical (unpaired) electrons. The fraction of sp³-hybridized carbons (Fsp3) is 1.00. The Labute approximate surface area is 204 Å². The van der Waals surface area contributed by atoms with Crippen molar-refractivity contribution >= 4 is 11.6 Å². The highest BCUT2D eigenvalue weighted by Crippen LogP contribution is 2.19. The highest BCUT2D eigenvalue weighted by molar-refractivity contribution is 6.20. The van der Waals surface area contributed by atoms with E-state index in [0.29, 0.717) is 5.38 Å². The molecule has 0 aromatic rings. The molecule has 0 nitrogen and oxygen atoms in total. The summed E-state index contributed by atoms with van der Waals surface area (Å²) in [6.45, 7) is 4.60. The number of rotatable bonds is 27. The van der Waals surface area contributed by atoms with E-state index in [4.69, 9.17) is 11.6 Å². The molecule has 0 spiro atoms. The first-order valence-electron chi connectivity index (χ1n) is 14.9. The Morgan fingerprint density at radius 2 is 0.516 bits per heavy atom. The van der Waals surface area contributed by atoms with Gasteiger partial charge in [-0.3, -0.25) is 0 Å². The van der Waals surface area contributed by atoms with E-state index in [1.54, 1.807) is 0 Å².